The van der Waals surface area contributed by atoms with Crippen molar-refractivity contribution < 1.29 is 8.78 Å². The van der Waals surface area contributed by atoms with Crippen molar-refractivity contribution in [3.63, 3.8) is 0 Å². The minimum absolute atomic E-state index is 0.156. The molecule has 1 fully saturated rings. The van der Waals surface area contributed by atoms with E-state index >= 15 is 0 Å². The van der Waals surface area contributed by atoms with Gasteiger partial charge in [-0.15, -0.1) is 5.10 Å². The molecule has 0 saturated heterocycles. The summed E-state index contributed by atoms with van der Waals surface area (Å²) in [4.78, 5) is 1.54. The Bertz CT molecular complexity index is 621. The molecule has 1 saturated carbocycles. The van der Waals surface area contributed by atoms with Gasteiger partial charge in [0, 0.05) is 5.92 Å². The largest absolute Gasteiger partial charge is 0.305 e. The average Bonchev–Trinajstić information content (AvgIpc) is 3.04. The van der Waals surface area contributed by atoms with E-state index in [-0.39, 0.29) is 12.0 Å². The Kier molecular flexibility index (Phi) is 4.08. The molecule has 0 unspecified atom stereocenters. The van der Waals surface area contributed by atoms with Crippen LogP contribution in [0.1, 0.15) is 17.9 Å². The van der Waals surface area contributed by atoms with E-state index in [1.165, 1.54) is 31.5 Å². The van der Waals surface area contributed by atoms with Crippen molar-refractivity contribution in [1.29, 1.82) is 0 Å². The van der Waals surface area contributed by atoms with E-state index in [1.807, 2.05) is 0 Å². The Morgan fingerprint density at radius 3 is 2.95 bits per heavy atom. The fourth-order valence-corrected chi connectivity index (χ4v) is 3.44. The molecule has 2 atom stereocenters. The van der Waals surface area contributed by atoms with Crippen molar-refractivity contribution >= 4 is 32.3 Å². The summed E-state index contributed by atoms with van der Waals surface area (Å²) in [5.41, 5.74) is 3.95. The van der Waals surface area contributed by atoms with Gasteiger partial charge < -0.3 is 5.43 Å². The Balaban J connectivity index is 1.62. The Morgan fingerprint density at radius 2 is 2.20 bits per heavy atom. The van der Waals surface area contributed by atoms with Crippen LogP contribution in [0.2, 0.25) is 0 Å². The molecule has 20 heavy (non-hydrogen) atoms. The molecule has 0 radical (unpaired) electrons. The second-order valence-electron chi connectivity index (χ2n) is 4.41. The van der Waals surface area contributed by atoms with Crippen LogP contribution in [0.5, 0.6) is 0 Å². The van der Waals surface area contributed by atoms with Gasteiger partial charge >= 0.3 is 0 Å². The van der Waals surface area contributed by atoms with Crippen LogP contribution in [0.25, 0.3) is 0 Å². The summed E-state index contributed by atoms with van der Waals surface area (Å²) >= 11 is 4.02. The summed E-state index contributed by atoms with van der Waals surface area (Å²) in [7, 11) is 2.69. The maximum atomic E-state index is 13.2. The molecule has 1 aliphatic carbocycles. The van der Waals surface area contributed by atoms with Crippen LogP contribution in [0.3, 0.4) is 0 Å². The molecule has 1 aliphatic rings. The van der Waals surface area contributed by atoms with Crippen molar-refractivity contribution in [2.24, 2.45) is 0 Å². The molecule has 0 aliphatic heterocycles. The minimum Gasteiger partial charge on any atom is -0.305 e. The zero-order valence-corrected chi connectivity index (χ0v) is 12.6. The molecule has 4 nitrogen and oxygen atoms in total. The molecule has 1 aromatic carbocycles. The molecule has 1 aromatic heterocycles. The second-order valence-corrected chi connectivity index (χ2v) is 7.43. The molecule has 0 spiro atoms. The fraction of sp³-hybridized carbons (Fsp3) is 0.273. The quantitative estimate of drug-likeness (QED) is 0.650. The lowest BCUT2D eigenvalue weighted by molar-refractivity contribution is 0.507. The summed E-state index contributed by atoms with van der Waals surface area (Å²) in [5.74, 6) is -1.45. The van der Waals surface area contributed by atoms with Crippen LogP contribution < -0.4 is 5.43 Å². The zero-order valence-electron chi connectivity index (χ0n) is 10.0. The number of aromatic nitrogens is 3. The number of nitrogens with zero attached hydrogens (tertiary/aromatic N) is 3. The minimum atomic E-state index is -0.818. The lowest BCUT2D eigenvalue weighted by Gasteiger charge is -2.04. The molecule has 3 rings (SSSR count). The van der Waals surface area contributed by atoms with Gasteiger partial charge in [0.05, 0.1) is 12.2 Å². The third-order valence-electron chi connectivity index (χ3n) is 3.06. The van der Waals surface area contributed by atoms with Gasteiger partial charge in [-0.3, -0.25) is 0 Å². The van der Waals surface area contributed by atoms with Crippen LogP contribution in [-0.4, -0.2) is 21.1 Å². The lowest BCUT2D eigenvalue weighted by atomic mass is 10.1. The molecule has 9 heteroatoms. The molecular formula is C11H10F2N4S3. The van der Waals surface area contributed by atoms with Gasteiger partial charge in [0.1, 0.15) is 0 Å². The Labute approximate surface area is 126 Å². The first kappa shape index (κ1) is 14.0. The van der Waals surface area contributed by atoms with Crippen LogP contribution >= 0.6 is 32.3 Å². The van der Waals surface area contributed by atoms with Crippen LogP contribution in [0, 0.1) is 11.6 Å². The van der Waals surface area contributed by atoms with Crippen molar-refractivity contribution in [2.75, 3.05) is 5.43 Å². The monoisotopic (exact) mass is 332 g/mol. The number of benzene rings is 1. The first-order valence-electron chi connectivity index (χ1n) is 5.79. The van der Waals surface area contributed by atoms with E-state index in [9.17, 15) is 8.78 Å². The number of nitrogens with one attached hydrogen (secondary N) is 1. The maximum absolute atomic E-state index is 13.2. The predicted molar refractivity (Wildman–Crippen MR) is 79.3 cm³/mol. The van der Waals surface area contributed by atoms with Gasteiger partial charge in [-0.1, -0.05) is 17.7 Å². The molecule has 106 valence electrons. The van der Waals surface area contributed by atoms with Crippen molar-refractivity contribution in [2.45, 2.75) is 23.4 Å². The first-order valence-corrected chi connectivity index (χ1v) is 8.99. The van der Waals surface area contributed by atoms with Gasteiger partial charge in [0.2, 0.25) is 0 Å². The van der Waals surface area contributed by atoms with E-state index in [1.54, 1.807) is 12.3 Å². The Morgan fingerprint density at radius 1 is 1.35 bits per heavy atom. The highest BCUT2D eigenvalue weighted by molar-refractivity contribution is 9.05. The summed E-state index contributed by atoms with van der Waals surface area (Å²) < 4.78 is 26.1. The van der Waals surface area contributed by atoms with Gasteiger partial charge in [-0.05, 0) is 50.0 Å². The van der Waals surface area contributed by atoms with E-state index in [2.05, 4.69) is 27.4 Å². The third kappa shape index (κ3) is 3.04. The van der Waals surface area contributed by atoms with Crippen LogP contribution in [-0.2, 0) is 0 Å². The number of hydrogen-bond acceptors (Lipinski definition) is 6. The predicted octanol–water partition coefficient (Wildman–Crippen LogP) is 3.24. The highest BCUT2D eigenvalue weighted by Gasteiger charge is 2.39. The summed E-state index contributed by atoms with van der Waals surface area (Å²) in [6.45, 7) is 0. The highest BCUT2D eigenvalue weighted by Crippen LogP contribution is 2.41. The first-order chi connectivity index (χ1) is 9.67. The van der Waals surface area contributed by atoms with Gasteiger partial charge in [-0.2, -0.15) is 4.79 Å². The van der Waals surface area contributed by atoms with Crippen LogP contribution in [0.15, 0.2) is 29.4 Å². The highest BCUT2D eigenvalue weighted by atomic mass is 33.5. The fourth-order valence-electron chi connectivity index (χ4n) is 2.01. The molecule has 1 N–H and O–H groups in total. The van der Waals surface area contributed by atoms with Gasteiger partial charge in [0.15, 0.2) is 16.7 Å². The average molecular weight is 332 g/mol. The van der Waals surface area contributed by atoms with E-state index in [4.69, 9.17) is 0 Å². The zero-order chi connectivity index (χ0) is 14.1. The van der Waals surface area contributed by atoms with Gasteiger partial charge in [0.25, 0.3) is 0 Å². The number of rotatable bonds is 5. The van der Waals surface area contributed by atoms with Crippen molar-refractivity contribution in [3.8, 4) is 0 Å². The SMILES string of the molecule is Fc1ccc([C@@H]2C[C@H]2Nn2cc(SSS)nn2)cc1F. The van der Waals surface area contributed by atoms with E-state index < -0.39 is 11.6 Å². The standard InChI is InChI=1S/C11H10F2N4S3/c12-8-2-1-6(3-9(8)13)7-4-10(7)15-17-5-11(14-16-17)19-20-18/h1-3,5,7,10,15,18H,4H2/t7-,10+/m0/s1. The second kappa shape index (κ2) is 5.82. The topological polar surface area (TPSA) is 42.7 Å². The maximum Gasteiger partial charge on any atom is 0.159 e. The van der Waals surface area contributed by atoms with E-state index in [0.717, 1.165) is 23.1 Å². The number of thiol groups is 1. The van der Waals surface area contributed by atoms with Crippen LogP contribution in [0.4, 0.5) is 8.78 Å². The molecule has 0 bridgehead atoms. The van der Waals surface area contributed by atoms with E-state index in [0.29, 0.717) is 0 Å². The van der Waals surface area contributed by atoms with Crippen molar-refractivity contribution in [1.82, 2.24) is 15.1 Å². The van der Waals surface area contributed by atoms with Crippen molar-refractivity contribution in [3.05, 3.63) is 41.6 Å². The number of hydrogen-bond donors (Lipinski definition) is 2. The number of halogens is 2. The van der Waals surface area contributed by atoms with Gasteiger partial charge in [-0.25, -0.2) is 8.78 Å². The molecule has 0 amide bonds. The molecule has 2 aromatic rings. The third-order valence-corrected chi connectivity index (χ3v) is 4.89. The lowest BCUT2D eigenvalue weighted by Crippen LogP contribution is -2.18. The summed E-state index contributed by atoms with van der Waals surface area (Å²) in [6.07, 6.45) is 2.61. The smallest absolute Gasteiger partial charge is 0.159 e. The Hall–Kier alpha value is -0.930. The summed E-state index contributed by atoms with van der Waals surface area (Å²) in [6, 6.07) is 4.18. The molecular weight excluding hydrogens is 322 g/mol. The normalized spacial score (nSPS) is 20.9. The molecule has 1 heterocycles. The summed E-state index contributed by atoms with van der Waals surface area (Å²) in [5, 5.41) is 8.62.